The van der Waals surface area contributed by atoms with Crippen LogP contribution in [0.4, 0.5) is 5.69 Å². The van der Waals surface area contributed by atoms with E-state index >= 15 is 0 Å². The van der Waals surface area contributed by atoms with Crippen LogP contribution < -0.4 is 9.46 Å². The summed E-state index contributed by atoms with van der Waals surface area (Å²) < 4.78 is 41.4. The number of fused-ring (bicyclic) bond motifs is 1. The molecule has 256 valence electrons. The molecule has 11 nitrogen and oxygen atoms in total. The smallest absolute Gasteiger partial charge is 0.261 e. The number of aliphatic hydroxyl groups is 1. The molecule has 0 saturated carbocycles. The fourth-order valence-corrected chi connectivity index (χ4v) is 6.44. The van der Waals surface area contributed by atoms with Crippen molar-refractivity contribution in [1.82, 2.24) is 14.7 Å². The van der Waals surface area contributed by atoms with E-state index in [1.54, 1.807) is 54.1 Å². The van der Waals surface area contributed by atoms with Crippen molar-refractivity contribution in [2.75, 3.05) is 58.7 Å². The van der Waals surface area contributed by atoms with E-state index in [2.05, 4.69) is 9.62 Å². The van der Waals surface area contributed by atoms with Gasteiger partial charge in [-0.3, -0.25) is 14.3 Å². The summed E-state index contributed by atoms with van der Waals surface area (Å²) in [5.41, 5.74) is 0.406. The maximum atomic E-state index is 14.3. The van der Waals surface area contributed by atoms with Gasteiger partial charge in [0.05, 0.1) is 35.3 Å². The van der Waals surface area contributed by atoms with Crippen molar-refractivity contribution >= 4 is 27.5 Å². The minimum absolute atomic E-state index is 0.0408. The van der Waals surface area contributed by atoms with Crippen LogP contribution >= 0.6 is 0 Å². The summed E-state index contributed by atoms with van der Waals surface area (Å²) in [6.07, 6.45) is 3.01. The molecule has 1 aliphatic rings. The number of aliphatic hydroxyl groups excluding tert-OH is 1. The molecule has 2 aromatic carbocycles. The summed E-state index contributed by atoms with van der Waals surface area (Å²) in [5, 5.41) is 10.2. The first kappa shape index (κ1) is 37.3. The fraction of sp³-hybridized carbons (Fsp3) is 0.588. The molecule has 4 atom stereocenters. The van der Waals surface area contributed by atoms with Crippen LogP contribution in [-0.4, -0.2) is 112 Å². The van der Waals surface area contributed by atoms with Gasteiger partial charge in [-0.15, -0.1) is 0 Å². The summed E-state index contributed by atoms with van der Waals surface area (Å²) in [6, 6.07) is 12.2. The van der Waals surface area contributed by atoms with Crippen molar-refractivity contribution in [2.24, 2.45) is 5.92 Å². The van der Waals surface area contributed by atoms with Gasteiger partial charge in [-0.25, -0.2) is 8.42 Å². The second-order valence-electron chi connectivity index (χ2n) is 12.6. The van der Waals surface area contributed by atoms with Crippen LogP contribution in [0.2, 0.25) is 0 Å². The van der Waals surface area contributed by atoms with Gasteiger partial charge < -0.3 is 29.3 Å². The molecule has 0 spiro atoms. The zero-order valence-corrected chi connectivity index (χ0v) is 29.0. The van der Waals surface area contributed by atoms with Crippen LogP contribution in [0.3, 0.4) is 0 Å². The molecule has 0 radical (unpaired) electrons. The molecule has 0 aromatic heterocycles. The number of nitrogens with one attached hydrogen (secondary N) is 1. The van der Waals surface area contributed by atoms with Gasteiger partial charge in [0.15, 0.2) is 0 Å². The van der Waals surface area contributed by atoms with Crippen molar-refractivity contribution in [3.63, 3.8) is 0 Å². The molecule has 46 heavy (non-hydrogen) atoms. The van der Waals surface area contributed by atoms with E-state index in [1.807, 2.05) is 27.9 Å². The van der Waals surface area contributed by atoms with E-state index in [0.717, 1.165) is 32.2 Å². The Kier molecular flexibility index (Phi) is 14.3. The number of hydrogen-bond acceptors (Lipinski definition) is 8. The Bertz CT molecular complexity index is 1370. The van der Waals surface area contributed by atoms with Crippen molar-refractivity contribution in [2.45, 2.75) is 76.0 Å². The number of amides is 2. The number of sulfonamides is 1. The number of likely N-dealkylation sites (N-methyl/N-ethyl adjacent to an activating group) is 1. The molecule has 12 heteroatoms. The van der Waals surface area contributed by atoms with Gasteiger partial charge in [-0.05, 0) is 90.5 Å². The van der Waals surface area contributed by atoms with Crippen molar-refractivity contribution in [3.8, 4) is 5.75 Å². The monoisotopic (exact) mass is 660 g/mol. The average Bonchev–Trinajstić information content (AvgIpc) is 3.02. The molecule has 2 amide bonds. The lowest BCUT2D eigenvalue weighted by Gasteiger charge is -2.36. The highest BCUT2D eigenvalue weighted by molar-refractivity contribution is 7.92. The Balaban J connectivity index is 1.93. The lowest BCUT2D eigenvalue weighted by molar-refractivity contribution is -0.132. The van der Waals surface area contributed by atoms with Crippen LogP contribution in [0.25, 0.3) is 0 Å². The summed E-state index contributed by atoms with van der Waals surface area (Å²) in [4.78, 5) is 32.7. The predicted octanol–water partition coefficient (Wildman–Crippen LogP) is 4.08. The van der Waals surface area contributed by atoms with Crippen LogP contribution in [0, 0.1) is 5.92 Å². The zero-order valence-electron chi connectivity index (χ0n) is 28.1. The van der Waals surface area contributed by atoms with Gasteiger partial charge in [0.2, 0.25) is 5.91 Å². The van der Waals surface area contributed by atoms with Crippen molar-refractivity contribution in [1.29, 1.82) is 0 Å². The standard InChI is InChI=1S/C34H52N4O7S/c1-25-22-38(26(2)24-39)34(41)30-21-28(35-46(42,43)29-14-8-7-9-15-29)17-18-31(30)45-27(3)13-10-11-20-44-32(25)23-37(6)33(40)16-12-19-36(4)5/h7-9,14-15,17-18,21,25-27,32,35,39H,10-13,16,19-20,22-24H2,1-6H3/t25-,26+,27+,32+/m0/s1. The molecule has 3 rings (SSSR count). The third-order valence-electron chi connectivity index (χ3n) is 8.23. The second-order valence-corrected chi connectivity index (χ2v) is 14.3. The van der Waals surface area contributed by atoms with Crippen LogP contribution in [-0.2, 0) is 19.6 Å². The third-order valence-corrected chi connectivity index (χ3v) is 9.63. The quantitative estimate of drug-likeness (QED) is 0.369. The number of carbonyl (C=O) groups excluding carboxylic acids is 2. The first-order valence-electron chi connectivity index (χ1n) is 16.1. The van der Waals surface area contributed by atoms with E-state index in [9.17, 15) is 23.1 Å². The van der Waals surface area contributed by atoms with Crippen LogP contribution in [0.15, 0.2) is 53.4 Å². The van der Waals surface area contributed by atoms with Gasteiger partial charge in [-0.1, -0.05) is 25.1 Å². The lowest BCUT2D eigenvalue weighted by Crippen LogP contribution is -2.48. The topological polar surface area (TPSA) is 129 Å². The Morgan fingerprint density at radius 2 is 1.83 bits per heavy atom. The maximum absolute atomic E-state index is 14.3. The Hall–Kier alpha value is -3.19. The number of ether oxygens (including phenoxy) is 2. The van der Waals surface area contributed by atoms with Gasteiger partial charge in [-0.2, -0.15) is 0 Å². The first-order valence-corrected chi connectivity index (χ1v) is 17.6. The summed E-state index contributed by atoms with van der Waals surface area (Å²) in [7, 11) is 1.84. The molecule has 2 aromatic rings. The molecule has 0 unspecified atom stereocenters. The van der Waals surface area contributed by atoms with Gasteiger partial charge in [0.25, 0.3) is 15.9 Å². The molecule has 0 aliphatic carbocycles. The largest absolute Gasteiger partial charge is 0.490 e. The number of anilines is 1. The molecule has 0 saturated heterocycles. The number of nitrogens with zero attached hydrogens (tertiary/aromatic N) is 3. The summed E-state index contributed by atoms with van der Waals surface area (Å²) in [5.74, 6) is -0.212. The summed E-state index contributed by atoms with van der Waals surface area (Å²) >= 11 is 0. The minimum atomic E-state index is -3.90. The van der Waals surface area contributed by atoms with E-state index in [0.29, 0.717) is 25.3 Å². The molecule has 0 bridgehead atoms. The molecular formula is C34H52N4O7S. The van der Waals surface area contributed by atoms with Gasteiger partial charge >= 0.3 is 0 Å². The van der Waals surface area contributed by atoms with Crippen LogP contribution in [0.1, 0.15) is 63.2 Å². The first-order chi connectivity index (χ1) is 21.8. The molecule has 0 fully saturated rings. The highest BCUT2D eigenvalue weighted by Crippen LogP contribution is 2.29. The minimum Gasteiger partial charge on any atom is -0.490 e. The van der Waals surface area contributed by atoms with E-state index in [-0.39, 0.29) is 53.3 Å². The maximum Gasteiger partial charge on any atom is 0.261 e. The number of benzene rings is 2. The van der Waals surface area contributed by atoms with Gasteiger partial charge in [0.1, 0.15) is 5.75 Å². The Morgan fingerprint density at radius 3 is 2.50 bits per heavy atom. The van der Waals surface area contributed by atoms with Crippen LogP contribution in [0.5, 0.6) is 5.75 Å². The zero-order chi connectivity index (χ0) is 33.9. The average molecular weight is 661 g/mol. The molecule has 1 aliphatic heterocycles. The fourth-order valence-electron chi connectivity index (χ4n) is 5.37. The van der Waals surface area contributed by atoms with Crippen molar-refractivity contribution in [3.05, 3.63) is 54.1 Å². The predicted molar refractivity (Wildman–Crippen MR) is 180 cm³/mol. The normalized spacial score (nSPS) is 20.7. The molecular weight excluding hydrogens is 608 g/mol. The highest BCUT2D eigenvalue weighted by atomic mass is 32.2. The summed E-state index contributed by atoms with van der Waals surface area (Å²) in [6.45, 7) is 7.34. The SMILES string of the molecule is C[C@@H]1CCCCO[C@H](CN(C)C(=O)CCCN(C)C)[C@@H](C)CN([C@H](C)CO)C(=O)c2cc(NS(=O)(=O)c3ccccc3)ccc2O1. The molecule has 1 heterocycles. The van der Waals surface area contributed by atoms with E-state index in [1.165, 1.54) is 18.2 Å². The van der Waals surface area contributed by atoms with Gasteiger partial charge in [0, 0.05) is 44.8 Å². The lowest BCUT2D eigenvalue weighted by atomic mass is 10.0. The Morgan fingerprint density at radius 1 is 1.11 bits per heavy atom. The number of carbonyl (C=O) groups is 2. The van der Waals surface area contributed by atoms with E-state index in [4.69, 9.17) is 9.47 Å². The number of hydrogen-bond donors (Lipinski definition) is 2. The van der Waals surface area contributed by atoms with E-state index < -0.39 is 22.0 Å². The Labute approximate surface area is 274 Å². The highest BCUT2D eigenvalue weighted by Gasteiger charge is 2.31. The third kappa shape index (κ3) is 11.0. The van der Waals surface area contributed by atoms with Crippen molar-refractivity contribution < 1.29 is 32.6 Å². The number of rotatable bonds is 11. The second kappa shape index (κ2) is 17.7. The molecule has 2 N–H and O–H groups in total.